The summed E-state index contributed by atoms with van der Waals surface area (Å²) in [5.74, 6) is 0. The fourth-order valence-electron chi connectivity index (χ4n) is 1.45. The van der Waals surface area contributed by atoms with Gasteiger partial charge in [0.05, 0.1) is 6.33 Å². The van der Waals surface area contributed by atoms with Crippen molar-refractivity contribution < 1.29 is 0 Å². The van der Waals surface area contributed by atoms with Crippen LogP contribution in [0.15, 0.2) is 31.0 Å². The smallest absolute Gasteiger partial charge is 0.0945 e. The van der Waals surface area contributed by atoms with Gasteiger partial charge in [-0.25, -0.2) is 4.98 Å². The third kappa shape index (κ3) is 2.02. The summed E-state index contributed by atoms with van der Waals surface area (Å²) in [6.07, 6.45) is 8.55. The molecule has 0 aliphatic rings. The van der Waals surface area contributed by atoms with E-state index in [1.807, 2.05) is 29.5 Å². The van der Waals surface area contributed by atoms with Crippen molar-refractivity contribution in [1.82, 2.24) is 19.3 Å². The summed E-state index contributed by atoms with van der Waals surface area (Å²) in [6.45, 7) is 4.04. The second-order valence-corrected chi connectivity index (χ2v) is 3.35. The van der Waals surface area contributed by atoms with Crippen LogP contribution in [-0.4, -0.2) is 19.3 Å². The molecule has 0 aliphatic heterocycles. The van der Waals surface area contributed by atoms with E-state index < -0.39 is 0 Å². The summed E-state index contributed by atoms with van der Waals surface area (Å²) in [5.41, 5.74) is 1.22. The number of imidazole rings is 1. The second-order valence-electron chi connectivity index (χ2n) is 3.35. The maximum Gasteiger partial charge on any atom is 0.0945 e. The normalized spacial score (nSPS) is 10.6. The molecule has 4 heteroatoms. The molecular weight excluding hydrogens is 176 g/mol. The fraction of sp³-hybridized carbons (Fsp3) is 0.400. The molecule has 2 aromatic heterocycles. The van der Waals surface area contributed by atoms with Crippen molar-refractivity contribution >= 4 is 0 Å². The molecule has 0 saturated heterocycles. The number of aryl methyl sites for hydroxylation is 3. The first-order valence-corrected chi connectivity index (χ1v) is 4.80. The highest BCUT2D eigenvalue weighted by Crippen LogP contribution is 1.99. The molecule has 0 fully saturated rings. The van der Waals surface area contributed by atoms with E-state index in [2.05, 4.69) is 21.6 Å². The lowest BCUT2D eigenvalue weighted by Gasteiger charge is -2.04. The van der Waals surface area contributed by atoms with Gasteiger partial charge in [-0.1, -0.05) is 0 Å². The second kappa shape index (κ2) is 4.09. The maximum atomic E-state index is 4.23. The molecular formula is C10H14N4. The Morgan fingerprint density at radius 1 is 1.29 bits per heavy atom. The third-order valence-corrected chi connectivity index (χ3v) is 2.27. The lowest BCUT2D eigenvalue weighted by molar-refractivity contribution is 0.518. The van der Waals surface area contributed by atoms with Gasteiger partial charge in [0.1, 0.15) is 0 Å². The van der Waals surface area contributed by atoms with Gasteiger partial charge >= 0.3 is 0 Å². The molecule has 4 nitrogen and oxygen atoms in total. The zero-order valence-corrected chi connectivity index (χ0v) is 8.30. The molecule has 0 bridgehead atoms. The van der Waals surface area contributed by atoms with Crippen LogP contribution in [0, 0.1) is 6.92 Å². The molecule has 0 unspecified atom stereocenters. The molecule has 0 amide bonds. The highest BCUT2D eigenvalue weighted by molar-refractivity contribution is 4.96. The van der Waals surface area contributed by atoms with Crippen molar-refractivity contribution in [3.05, 3.63) is 36.7 Å². The largest absolute Gasteiger partial charge is 0.337 e. The van der Waals surface area contributed by atoms with Crippen LogP contribution in [0.2, 0.25) is 0 Å². The Morgan fingerprint density at radius 3 is 2.86 bits per heavy atom. The van der Waals surface area contributed by atoms with Crippen molar-refractivity contribution in [2.24, 2.45) is 0 Å². The Kier molecular flexibility index (Phi) is 2.62. The van der Waals surface area contributed by atoms with Gasteiger partial charge in [0.2, 0.25) is 0 Å². The Bertz CT molecular complexity index is 374. The monoisotopic (exact) mass is 190 g/mol. The predicted molar refractivity (Wildman–Crippen MR) is 53.8 cm³/mol. The van der Waals surface area contributed by atoms with E-state index in [4.69, 9.17) is 0 Å². The topological polar surface area (TPSA) is 35.6 Å². The molecule has 2 rings (SSSR count). The predicted octanol–water partition coefficient (Wildman–Crippen LogP) is 1.48. The Morgan fingerprint density at radius 2 is 2.21 bits per heavy atom. The van der Waals surface area contributed by atoms with Crippen molar-refractivity contribution in [3.63, 3.8) is 0 Å². The third-order valence-electron chi connectivity index (χ3n) is 2.27. The van der Waals surface area contributed by atoms with E-state index in [1.54, 1.807) is 6.20 Å². The number of aromatic nitrogens is 4. The summed E-state index contributed by atoms with van der Waals surface area (Å²) in [4.78, 5) is 4.00. The van der Waals surface area contributed by atoms with Crippen molar-refractivity contribution in [2.45, 2.75) is 26.4 Å². The highest BCUT2D eigenvalue weighted by Gasteiger charge is 1.96. The Hall–Kier alpha value is -1.58. The summed E-state index contributed by atoms with van der Waals surface area (Å²) in [5, 5.41) is 4.23. The molecule has 0 atom stereocenters. The van der Waals surface area contributed by atoms with E-state index in [0.29, 0.717) is 0 Å². The zero-order chi connectivity index (χ0) is 9.80. The Balaban J connectivity index is 1.81. The molecule has 0 aliphatic carbocycles. The molecule has 14 heavy (non-hydrogen) atoms. The minimum absolute atomic E-state index is 0.969. The molecule has 0 saturated carbocycles. The minimum atomic E-state index is 0.969. The minimum Gasteiger partial charge on any atom is -0.337 e. The van der Waals surface area contributed by atoms with Gasteiger partial charge in [-0.2, -0.15) is 5.10 Å². The van der Waals surface area contributed by atoms with E-state index >= 15 is 0 Å². The zero-order valence-electron chi connectivity index (χ0n) is 8.30. The average Bonchev–Trinajstić information content (AvgIpc) is 2.78. The van der Waals surface area contributed by atoms with Gasteiger partial charge in [-0.15, -0.1) is 0 Å². The highest BCUT2D eigenvalue weighted by atomic mass is 15.3. The van der Waals surface area contributed by atoms with Crippen LogP contribution in [-0.2, 0) is 13.1 Å². The molecule has 0 N–H and O–H groups in total. The van der Waals surface area contributed by atoms with Crippen LogP contribution in [0.5, 0.6) is 0 Å². The first-order chi connectivity index (χ1) is 6.86. The van der Waals surface area contributed by atoms with Gasteiger partial charge in [-0.05, 0) is 19.4 Å². The molecule has 74 valence electrons. The summed E-state index contributed by atoms with van der Waals surface area (Å²) < 4.78 is 4.11. The van der Waals surface area contributed by atoms with Crippen molar-refractivity contribution in [3.8, 4) is 0 Å². The van der Waals surface area contributed by atoms with Gasteiger partial charge < -0.3 is 4.57 Å². The SMILES string of the molecule is Cc1ccnn1CCCn1ccnc1. The first kappa shape index (κ1) is 8.99. The van der Waals surface area contributed by atoms with Gasteiger partial charge in [0.15, 0.2) is 0 Å². The van der Waals surface area contributed by atoms with Gasteiger partial charge in [0, 0.05) is 37.4 Å². The lowest BCUT2D eigenvalue weighted by atomic mass is 10.4. The van der Waals surface area contributed by atoms with Crippen LogP contribution in [0.3, 0.4) is 0 Å². The maximum absolute atomic E-state index is 4.23. The number of hydrogen-bond donors (Lipinski definition) is 0. The van der Waals surface area contributed by atoms with Crippen molar-refractivity contribution in [2.75, 3.05) is 0 Å². The first-order valence-electron chi connectivity index (χ1n) is 4.80. The molecule has 0 aromatic carbocycles. The van der Waals surface area contributed by atoms with Crippen LogP contribution < -0.4 is 0 Å². The van der Waals surface area contributed by atoms with Crippen LogP contribution in [0.1, 0.15) is 12.1 Å². The quantitative estimate of drug-likeness (QED) is 0.732. The number of hydrogen-bond acceptors (Lipinski definition) is 2. The molecule has 0 radical (unpaired) electrons. The van der Waals surface area contributed by atoms with Gasteiger partial charge in [-0.3, -0.25) is 4.68 Å². The number of nitrogens with zero attached hydrogens (tertiary/aromatic N) is 4. The van der Waals surface area contributed by atoms with E-state index in [-0.39, 0.29) is 0 Å². The summed E-state index contributed by atoms with van der Waals surface area (Å²) >= 11 is 0. The molecule has 2 aromatic rings. The fourth-order valence-corrected chi connectivity index (χ4v) is 1.45. The average molecular weight is 190 g/mol. The summed E-state index contributed by atoms with van der Waals surface area (Å²) in [7, 11) is 0. The number of rotatable bonds is 4. The van der Waals surface area contributed by atoms with E-state index in [0.717, 1.165) is 19.5 Å². The summed E-state index contributed by atoms with van der Waals surface area (Å²) in [6, 6.07) is 2.03. The van der Waals surface area contributed by atoms with Crippen LogP contribution in [0.25, 0.3) is 0 Å². The molecule has 2 heterocycles. The van der Waals surface area contributed by atoms with Crippen molar-refractivity contribution in [1.29, 1.82) is 0 Å². The van der Waals surface area contributed by atoms with Crippen LogP contribution in [0.4, 0.5) is 0 Å². The lowest BCUT2D eigenvalue weighted by Crippen LogP contribution is -2.05. The molecule has 0 spiro atoms. The standard InChI is InChI=1S/C10H14N4/c1-10-3-4-12-14(10)7-2-6-13-8-5-11-9-13/h3-5,8-9H,2,6-7H2,1H3. The van der Waals surface area contributed by atoms with Gasteiger partial charge in [0.25, 0.3) is 0 Å². The van der Waals surface area contributed by atoms with E-state index in [9.17, 15) is 0 Å². The van der Waals surface area contributed by atoms with Crippen LogP contribution >= 0.6 is 0 Å². The Labute approximate surface area is 83.2 Å². The van der Waals surface area contributed by atoms with E-state index in [1.165, 1.54) is 5.69 Å².